The molecule has 6 nitrogen and oxygen atoms in total. The Kier molecular flexibility index (Phi) is 7.31. The standard InChI is InChI=1S/C14H20N2O4/c1-20-7-6-15-10-13(17)16-9-12-5-3-2-4-11(12)8-14(18)19/h2-5,15H,6-10H2,1H3,(H,16,17)(H,18,19). The fourth-order valence-corrected chi connectivity index (χ4v) is 1.70. The number of rotatable bonds is 9. The summed E-state index contributed by atoms with van der Waals surface area (Å²) in [6.45, 7) is 1.70. The zero-order valence-corrected chi connectivity index (χ0v) is 11.5. The Hall–Kier alpha value is -1.92. The maximum atomic E-state index is 11.6. The van der Waals surface area contributed by atoms with Gasteiger partial charge in [-0.15, -0.1) is 0 Å². The highest BCUT2D eigenvalue weighted by molar-refractivity contribution is 5.78. The van der Waals surface area contributed by atoms with Gasteiger partial charge in [-0.2, -0.15) is 0 Å². The number of carbonyl (C=O) groups excluding carboxylic acids is 1. The molecule has 0 bridgehead atoms. The molecule has 0 aliphatic heterocycles. The van der Waals surface area contributed by atoms with Gasteiger partial charge in [0.1, 0.15) is 0 Å². The van der Waals surface area contributed by atoms with Gasteiger partial charge < -0.3 is 20.5 Å². The molecule has 0 atom stereocenters. The van der Waals surface area contributed by atoms with Gasteiger partial charge in [0.15, 0.2) is 0 Å². The van der Waals surface area contributed by atoms with Crippen molar-refractivity contribution >= 4 is 11.9 Å². The van der Waals surface area contributed by atoms with Gasteiger partial charge in [-0.3, -0.25) is 9.59 Å². The van der Waals surface area contributed by atoms with Crippen molar-refractivity contribution in [2.24, 2.45) is 0 Å². The van der Waals surface area contributed by atoms with Crippen molar-refractivity contribution in [3.05, 3.63) is 35.4 Å². The van der Waals surface area contributed by atoms with Gasteiger partial charge in [-0.1, -0.05) is 24.3 Å². The molecule has 0 heterocycles. The third kappa shape index (κ3) is 6.31. The van der Waals surface area contributed by atoms with Gasteiger partial charge in [0.25, 0.3) is 0 Å². The van der Waals surface area contributed by atoms with Crippen molar-refractivity contribution in [1.82, 2.24) is 10.6 Å². The topological polar surface area (TPSA) is 87.7 Å². The van der Waals surface area contributed by atoms with Crippen LogP contribution in [0.1, 0.15) is 11.1 Å². The van der Waals surface area contributed by atoms with E-state index in [1.54, 1.807) is 19.2 Å². The number of carboxylic acid groups (broad SMARTS) is 1. The number of amides is 1. The molecule has 1 rings (SSSR count). The summed E-state index contributed by atoms with van der Waals surface area (Å²) in [6, 6.07) is 7.18. The van der Waals surface area contributed by atoms with Crippen LogP contribution in [0.5, 0.6) is 0 Å². The zero-order valence-electron chi connectivity index (χ0n) is 11.5. The molecule has 0 saturated heterocycles. The molecular weight excluding hydrogens is 260 g/mol. The highest BCUT2D eigenvalue weighted by atomic mass is 16.5. The predicted octanol–water partition coefficient (Wildman–Crippen LogP) is 0.166. The monoisotopic (exact) mass is 280 g/mol. The van der Waals surface area contributed by atoms with E-state index in [-0.39, 0.29) is 18.9 Å². The number of benzene rings is 1. The molecule has 1 aromatic rings. The SMILES string of the molecule is COCCNCC(=O)NCc1ccccc1CC(=O)O. The van der Waals surface area contributed by atoms with Crippen LogP contribution in [0.25, 0.3) is 0 Å². The first-order valence-electron chi connectivity index (χ1n) is 6.38. The molecule has 0 spiro atoms. The molecule has 6 heteroatoms. The average Bonchev–Trinajstić information content (AvgIpc) is 2.42. The highest BCUT2D eigenvalue weighted by Crippen LogP contribution is 2.09. The molecular formula is C14H20N2O4. The molecule has 0 aliphatic rings. The van der Waals surface area contributed by atoms with Crippen LogP contribution in [0.2, 0.25) is 0 Å². The fraction of sp³-hybridized carbons (Fsp3) is 0.429. The van der Waals surface area contributed by atoms with Crippen LogP contribution in [-0.2, 0) is 27.3 Å². The van der Waals surface area contributed by atoms with E-state index >= 15 is 0 Å². The summed E-state index contributed by atoms with van der Waals surface area (Å²) in [6.07, 6.45) is -0.0435. The number of carbonyl (C=O) groups is 2. The van der Waals surface area contributed by atoms with Crippen molar-refractivity contribution in [3.63, 3.8) is 0 Å². The maximum Gasteiger partial charge on any atom is 0.307 e. The molecule has 1 aromatic carbocycles. The number of aliphatic carboxylic acids is 1. The van der Waals surface area contributed by atoms with Crippen LogP contribution in [0.4, 0.5) is 0 Å². The summed E-state index contributed by atoms with van der Waals surface area (Å²) in [7, 11) is 1.60. The fourth-order valence-electron chi connectivity index (χ4n) is 1.70. The van der Waals surface area contributed by atoms with Gasteiger partial charge in [-0.05, 0) is 11.1 Å². The van der Waals surface area contributed by atoms with Gasteiger partial charge >= 0.3 is 5.97 Å². The van der Waals surface area contributed by atoms with E-state index in [0.29, 0.717) is 25.3 Å². The van der Waals surface area contributed by atoms with E-state index in [2.05, 4.69) is 10.6 Å². The molecule has 110 valence electrons. The Labute approximate surface area is 118 Å². The third-order valence-electron chi connectivity index (χ3n) is 2.70. The molecule has 20 heavy (non-hydrogen) atoms. The summed E-state index contributed by atoms with van der Waals surface area (Å²) in [4.78, 5) is 22.3. The van der Waals surface area contributed by atoms with Crippen LogP contribution in [0.3, 0.4) is 0 Å². The second-order valence-electron chi connectivity index (χ2n) is 4.29. The molecule has 1 amide bonds. The lowest BCUT2D eigenvalue weighted by Crippen LogP contribution is -2.35. The van der Waals surface area contributed by atoms with E-state index in [9.17, 15) is 9.59 Å². The first kappa shape index (κ1) is 16.1. The number of hydrogen-bond acceptors (Lipinski definition) is 4. The Morgan fingerprint density at radius 3 is 2.60 bits per heavy atom. The first-order valence-corrected chi connectivity index (χ1v) is 6.38. The second-order valence-corrected chi connectivity index (χ2v) is 4.29. The van der Waals surface area contributed by atoms with E-state index in [1.807, 2.05) is 12.1 Å². The molecule has 0 radical (unpaired) electrons. The highest BCUT2D eigenvalue weighted by Gasteiger charge is 2.07. The number of nitrogens with one attached hydrogen (secondary N) is 2. The Balaban J connectivity index is 2.41. The minimum Gasteiger partial charge on any atom is -0.481 e. The Bertz CT molecular complexity index is 449. The number of carboxylic acids is 1. The average molecular weight is 280 g/mol. The van der Waals surface area contributed by atoms with Crippen LogP contribution >= 0.6 is 0 Å². The largest absolute Gasteiger partial charge is 0.481 e. The van der Waals surface area contributed by atoms with Crippen molar-refractivity contribution in [2.75, 3.05) is 26.8 Å². The summed E-state index contributed by atoms with van der Waals surface area (Å²) in [5.41, 5.74) is 1.53. The van der Waals surface area contributed by atoms with Crippen LogP contribution < -0.4 is 10.6 Å². The van der Waals surface area contributed by atoms with E-state index in [0.717, 1.165) is 5.56 Å². The maximum absolute atomic E-state index is 11.6. The summed E-state index contributed by atoms with van der Waals surface area (Å²) in [5.74, 6) is -1.02. The predicted molar refractivity (Wildman–Crippen MR) is 74.4 cm³/mol. The van der Waals surface area contributed by atoms with Crippen molar-refractivity contribution < 1.29 is 19.4 Å². The number of ether oxygens (including phenoxy) is 1. The van der Waals surface area contributed by atoms with Crippen LogP contribution in [-0.4, -0.2) is 43.8 Å². The lowest BCUT2D eigenvalue weighted by atomic mass is 10.0. The normalized spacial score (nSPS) is 10.2. The molecule has 0 aliphatic carbocycles. The van der Waals surface area contributed by atoms with Crippen LogP contribution in [0.15, 0.2) is 24.3 Å². The van der Waals surface area contributed by atoms with Crippen LogP contribution in [0, 0.1) is 0 Å². The van der Waals surface area contributed by atoms with Gasteiger partial charge in [0, 0.05) is 20.2 Å². The van der Waals surface area contributed by atoms with Crippen molar-refractivity contribution in [1.29, 1.82) is 0 Å². The summed E-state index contributed by atoms with van der Waals surface area (Å²) < 4.78 is 4.86. The van der Waals surface area contributed by atoms with Gasteiger partial charge in [-0.25, -0.2) is 0 Å². The minimum atomic E-state index is -0.884. The van der Waals surface area contributed by atoms with Gasteiger partial charge in [0.2, 0.25) is 5.91 Å². The van der Waals surface area contributed by atoms with Gasteiger partial charge in [0.05, 0.1) is 19.6 Å². The lowest BCUT2D eigenvalue weighted by Gasteiger charge is -2.10. The Morgan fingerprint density at radius 1 is 1.25 bits per heavy atom. The molecule has 3 N–H and O–H groups in total. The zero-order chi connectivity index (χ0) is 14.8. The quantitative estimate of drug-likeness (QED) is 0.561. The molecule has 0 saturated carbocycles. The molecule has 0 aromatic heterocycles. The number of hydrogen-bond donors (Lipinski definition) is 3. The second kappa shape index (κ2) is 9.06. The van der Waals surface area contributed by atoms with E-state index in [4.69, 9.17) is 9.84 Å². The molecule has 0 unspecified atom stereocenters. The third-order valence-corrected chi connectivity index (χ3v) is 2.70. The summed E-state index contributed by atoms with van der Waals surface area (Å²) in [5, 5.41) is 14.5. The summed E-state index contributed by atoms with van der Waals surface area (Å²) >= 11 is 0. The van der Waals surface area contributed by atoms with E-state index in [1.165, 1.54) is 0 Å². The smallest absolute Gasteiger partial charge is 0.307 e. The Morgan fingerprint density at radius 2 is 1.95 bits per heavy atom. The lowest BCUT2D eigenvalue weighted by molar-refractivity contribution is -0.136. The van der Waals surface area contributed by atoms with Crippen molar-refractivity contribution in [2.45, 2.75) is 13.0 Å². The molecule has 0 fully saturated rings. The number of methoxy groups -OCH3 is 1. The minimum absolute atomic E-state index is 0.0435. The first-order chi connectivity index (χ1) is 9.63. The van der Waals surface area contributed by atoms with Crippen molar-refractivity contribution in [3.8, 4) is 0 Å². The van der Waals surface area contributed by atoms with E-state index < -0.39 is 5.97 Å².